The van der Waals surface area contributed by atoms with E-state index in [0.717, 1.165) is 18.5 Å². The molecule has 1 saturated carbocycles. The van der Waals surface area contributed by atoms with Gasteiger partial charge in [0.25, 0.3) is 0 Å². The zero-order valence-electron chi connectivity index (χ0n) is 19.9. The highest BCUT2D eigenvalue weighted by Crippen LogP contribution is 2.48. The van der Waals surface area contributed by atoms with E-state index >= 15 is 4.39 Å². The van der Waals surface area contributed by atoms with Crippen LogP contribution in [0.5, 0.6) is 5.75 Å². The second kappa shape index (κ2) is 8.27. The number of benzene rings is 1. The molecule has 3 heterocycles. The predicted octanol–water partition coefficient (Wildman–Crippen LogP) is 3.64. The Labute approximate surface area is 197 Å². The van der Waals surface area contributed by atoms with E-state index in [1.165, 1.54) is 7.11 Å². The number of halogens is 1. The summed E-state index contributed by atoms with van der Waals surface area (Å²) in [7, 11) is 3.20. The SMILES string of the molecule is CN=C(C=C(N)C1CC1)N=C1NC(C)=NC2Nc3c(cc(OC)c(-c4c(C)noc4C)c3F)C12. The number of amidine groups is 3. The molecule has 1 aromatic carbocycles. The van der Waals surface area contributed by atoms with E-state index in [1.54, 1.807) is 20.9 Å². The van der Waals surface area contributed by atoms with Crippen molar-refractivity contribution in [3.63, 3.8) is 0 Å². The Morgan fingerprint density at radius 1 is 1.29 bits per heavy atom. The molecule has 2 unspecified atom stereocenters. The topological polar surface area (TPSA) is 122 Å². The van der Waals surface area contributed by atoms with E-state index in [4.69, 9.17) is 20.0 Å². The fraction of sp³-hybridized carbons (Fsp3) is 0.417. The van der Waals surface area contributed by atoms with Crippen molar-refractivity contribution in [2.45, 2.75) is 45.7 Å². The zero-order valence-corrected chi connectivity index (χ0v) is 19.9. The maximum Gasteiger partial charge on any atom is 0.158 e. The molecule has 2 aliphatic heterocycles. The summed E-state index contributed by atoms with van der Waals surface area (Å²) in [6.07, 6.45) is 3.58. The molecule has 34 heavy (non-hydrogen) atoms. The number of anilines is 1. The van der Waals surface area contributed by atoms with E-state index in [0.29, 0.717) is 63.0 Å². The number of rotatable bonds is 4. The molecule has 3 aliphatic rings. The molecule has 1 fully saturated rings. The van der Waals surface area contributed by atoms with Crippen LogP contribution in [0, 0.1) is 25.6 Å². The van der Waals surface area contributed by atoms with Crippen LogP contribution >= 0.6 is 0 Å². The molecular weight excluding hydrogens is 437 g/mol. The average Bonchev–Trinajstić information content (AvgIpc) is 3.52. The van der Waals surface area contributed by atoms with Crippen molar-refractivity contribution >= 4 is 23.2 Å². The number of nitrogens with zero attached hydrogens (tertiary/aromatic N) is 4. The lowest BCUT2D eigenvalue weighted by Crippen LogP contribution is -2.43. The number of allylic oxidation sites excluding steroid dienone is 1. The second-order valence-electron chi connectivity index (χ2n) is 8.84. The smallest absolute Gasteiger partial charge is 0.158 e. The predicted molar refractivity (Wildman–Crippen MR) is 130 cm³/mol. The van der Waals surface area contributed by atoms with Gasteiger partial charge in [-0.15, -0.1) is 0 Å². The maximum absolute atomic E-state index is 16.0. The maximum atomic E-state index is 16.0. The highest BCUT2D eigenvalue weighted by Gasteiger charge is 2.42. The van der Waals surface area contributed by atoms with Crippen LogP contribution in [-0.4, -0.2) is 43.0 Å². The molecule has 1 aromatic heterocycles. The Morgan fingerprint density at radius 2 is 2.06 bits per heavy atom. The molecule has 0 spiro atoms. The highest BCUT2D eigenvalue weighted by atomic mass is 19.1. The zero-order chi connectivity index (χ0) is 24.1. The van der Waals surface area contributed by atoms with E-state index in [9.17, 15) is 0 Å². The number of aliphatic imine (C=N–C) groups is 3. The minimum Gasteiger partial charge on any atom is -0.496 e. The molecule has 178 valence electrons. The molecule has 2 aromatic rings. The summed E-state index contributed by atoms with van der Waals surface area (Å²) < 4.78 is 26.9. The van der Waals surface area contributed by atoms with Crippen LogP contribution in [0.4, 0.5) is 10.1 Å². The first kappa shape index (κ1) is 22.1. The minimum atomic E-state index is -0.437. The Morgan fingerprint density at radius 3 is 2.68 bits per heavy atom. The number of fused-ring (bicyclic) bond motifs is 3. The third-order valence-corrected chi connectivity index (χ3v) is 6.45. The Hall–Kier alpha value is -3.69. The summed E-state index contributed by atoms with van der Waals surface area (Å²) in [5.41, 5.74) is 9.52. The van der Waals surface area contributed by atoms with E-state index in [2.05, 4.69) is 25.8 Å². The number of nitrogens with two attached hydrogens (primary N) is 1. The van der Waals surface area contributed by atoms with Crippen LogP contribution in [-0.2, 0) is 0 Å². The summed E-state index contributed by atoms with van der Waals surface area (Å²) in [5, 5.41) is 10.5. The van der Waals surface area contributed by atoms with Gasteiger partial charge in [0.2, 0.25) is 0 Å². The number of nitrogens with one attached hydrogen (secondary N) is 2. The number of aromatic nitrogens is 1. The number of methoxy groups -OCH3 is 1. The number of aryl methyl sites for hydroxylation is 2. The number of hydrogen-bond acceptors (Lipinski definition) is 7. The van der Waals surface area contributed by atoms with Crippen LogP contribution < -0.4 is 21.1 Å². The second-order valence-corrected chi connectivity index (χ2v) is 8.84. The molecule has 0 radical (unpaired) electrons. The van der Waals surface area contributed by atoms with Gasteiger partial charge in [0.1, 0.15) is 29.3 Å². The van der Waals surface area contributed by atoms with Gasteiger partial charge in [0.15, 0.2) is 11.7 Å². The minimum absolute atomic E-state index is 0.312. The van der Waals surface area contributed by atoms with Crippen LogP contribution in [0.3, 0.4) is 0 Å². The van der Waals surface area contributed by atoms with Crippen LogP contribution in [0.2, 0.25) is 0 Å². The van der Waals surface area contributed by atoms with Gasteiger partial charge in [0.05, 0.1) is 35.5 Å². The molecule has 10 heteroatoms. The first-order chi connectivity index (χ1) is 16.3. The molecule has 2 atom stereocenters. The van der Waals surface area contributed by atoms with Crippen LogP contribution in [0.15, 0.2) is 37.3 Å². The van der Waals surface area contributed by atoms with E-state index < -0.39 is 12.0 Å². The number of ether oxygens (including phenoxy) is 1. The highest BCUT2D eigenvalue weighted by molar-refractivity contribution is 6.13. The quantitative estimate of drug-likeness (QED) is 0.468. The molecule has 0 bridgehead atoms. The largest absolute Gasteiger partial charge is 0.496 e. The van der Waals surface area contributed by atoms with Crippen molar-refractivity contribution in [2.24, 2.45) is 26.6 Å². The average molecular weight is 466 g/mol. The van der Waals surface area contributed by atoms with Crippen molar-refractivity contribution < 1.29 is 13.7 Å². The van der Waals surface area contributed by atoms with Gasteiger partial charge >= 0.3 is 0 Å². The Bertz CT molecular complexity index is 1270. The van der Waals surface area contributed by atoms with Crippen LogP contribution in [0.1, 0.15) is 42.7 Å². The third-order valence-electron chi connectivity index (χ3n) is 6.45. The fourth-order valence-corrected chi connectivity index (χ4v) is 4.63. The summed E-state index contributed by atoms with van der Waals surface area (Å²) >= 11 is 0. The fourth-order valence-electron chi connectivity index (χ4n) is 4.63. The van der Waals surface area contributed by atoms with Crippen molar-refractivity contribution in [2.75, 3.05) is 19.5 Å². The lowest BCUT2D eigenvalue weighted by atomic mass is 9.92. The molecule has 5 rings (SSSR count). The summed E-state index contributed by atoms with van der Waals surface area (Å²) in [4.78, 5) is 13.7. The Balaban J connectivity index is 1.63. The van der Waals surface area contributed by atoms with Gasteiger partial charge in [-0.05, 0) is 51.2 Å². The first-order valence-electron chi connectivity index (χ1n) is 11.3. The number of hydrogen-bond donors (Lipinski definition) is 3. The summed E-state index contributed by atoms with van der Waals surface area (Å²) in [5.74, 6) is 2.33. The standard InChI is InChI=1S/C24H28FN7O2/c1-10-18(11(2)34-32-10)20-16(33-5)8-14-19-23(30-17(27-4)9-15(26)13-6-7-13)28-12(3)29-24(19)31-22(14)21(20)25/h8-9,13,19,24,31H,6-7,26H2,1-5H3,(H,27,28,29,30). The van der Waals surface area contributed by atoms with Crippen molar-refractivity contribution in [1.29, 1.82) is 0 Å². The molecule has 0 amide bonds. The van der Waals surface area contributed by atoms with E-state index in [-0.39, 0.29) is 5.92 Å². The monoisotopic (exact) mass is 465 g/mol. The lowest BCUT2D eigenvalue weighted by Gasteiger charge is -2.26. The Kier molecular flexibility index (Phi) is 5.38. The molecule has 9 nitrogen and oxygen atoms in total. The van der Waals surface area contributed by atoms with Gasteiger partial charge in [-0.3, -0.25) is 4.99 Å². The molecule has 0 saturated heterocycles. The molecule has 1 aliphatic carbocycles. The van der Waals surface area contributed by atoms with Gasteiger partial charge in [-0.25, -0.2) is 14.4 Å². The lowest BCUT2D eigenvalue weighted by molar-refractivity contribution is 0.393. The summed E-state index contributed by atoms with van der Waals surface area (Å²) in [6, 6.07) is 1.84. The van der Waals surface area contributed by atoms with Gasteiger partial charge < -0.3 is 25.6 Å². The third kappa shape index (κ3) is 3.63. The van der Waals surface area contributed by atoms with Gasteiger partial charge in [-0.1, -0.05) is 5.16 Å². The van der Waals surface area contributed by atoms with Crippen molar-refractivity contribution in [3.05, 3.63) is 40.7 Å². The van der Waals surface area contributed by atoms with E-state index in [1.807, 2.05) is 19.1 Å². The van der Waals surface area contributed by atoms with Crippen molar-refractivity contribution in [1.82, 2.24) is 10.5 Å². The van der Waals surface area contributed by atoms with Crippen LogP contribution in [0.25, 0.3) is 11.1 Å². The van der Waals surface area contributed by atoms with Gasteiger partial charge in [-0.2, -0.15) is 0 Å². The normalized spacial score (nSPS) is 23.2. The summed E-state index contributed by atoms with van der Waals surface area (Å²) in [6.45, 7) is 5.38. The molecular formula is C24H28FN7O2. The first-order valence-corrected chi connectivity index (χ1v) is 11.3. The van der Waals surface area contributed by atoms with Gasteiger partial charge in [0, 0.05) is 18.8 Å². The van der Waals surface area contributed by atoms with Crippen molar-refractivity contribution in [3.8, 4) is 16.9 Å². The molecule has 4 N–H and O–H groups in total.